The summed E-state index contributed by atoms with van der Waals surface area (Å²) in [6.07, 6.45) is 0. The van der Waals surface area contributed by atoms with Crippen molar-refractivity contribution in [2.24, 2.45) is 5.92 Å². The molecule has 5 nitrogen and oxygen atoms in total. The number of hydrogen-bond donors (Lipinski definition) is 1. The molecule has 0 saturated heterocycles. The number of nitrogens with one attached hydrogen (secondary N) is 1. The number of likely N-dealkylation sites (N-methyl/N-ethyl adjacent to an activating group) is 1. The van der Waals surface area contributed by atoms with E-state index in [4.69, 9.17) is 4.74 Å². The second kappa shape index (κ2) is 8.96. The van der Waals surface area contributed by atoms with Crippen LogP contribution in [0.3, 0.4) is 0 Å². The number of carbonyl (C=O) groups is 2. The normalized spacial score (nSPS) is 14.6. The summed E-state index contributed by atoms with van der Waals surface area (Å²) < 4.78 is 5.74. The van der Waals surface area contributed by atoms with E-state index >= 15 is 0 Å². The predicted octanol–water partition coefficient (Wildman–Crippen LogP) is 5.23. The van der Waals surface area contributed by atoms with E-state index in [2.05, 4.69) is 39.9 Å². The molecule has 0 radical (unpaired) electrons. The lowest BCUT2D eigenvalue weighted by atomic mass is 9.87. The van der Waals surface area contributed by atoms with Crippen LogP contribution in [0, 0.1) is 5.92 Å². The second-order valence-corrected chi connectivity index (χ2v) is 9.29. The van der Waals surface area contributed by atoms with Crippen LogP contribution in [0.4, 0.5) is 5.69 Å². The molecule has 1 N–H and O–H groups in total. The third kappa shape index (κ3) is 4.98. The van der Waals surface area contributed by atoms with E-state index in [1.54, 1.807) is 6.92 Å². The van der Waals surface area contributed by atoms with Gasteiger partial charge in [0.25, 0.3) is 11.8 Å². The molecule has 2 aromatic carbocycles. The molecule has 3 rings (SSSR count). The average Bonchev–Trinajstić information content (AvgIpc) is 2.95. The molecule has 2 amide bonds. The lowest BCUT2D eigenvalue weighted by molar-refractivity contribution is -0.136. The van der Waals surface area contributed by atoms with Gasteiger partial charge < -0.3 is 10.1 Å². The zero-order chi connectivity index (χ0) is 22.8. The van der Waals surface area contributed by atoms with Gasteiger partial charge in [0.05, 0.1) is 12.2 Å². The minimum atomic E-state index is -0.303. The maximum atomic E-state index is 13.0. The standard InChI is InChI=1S/C26H32N2O3/c1-7-28-24(29)22(18-8-14-21(15-9-18)31-16-17(2)3)23(25(28)30)27-20-12-10-19(11-13-20)26(4,5)6/h8-15,17,27H,7,16H2,1-6H3. The number of benzene rings is 2. The summed E-state index contributed by atoms with van der Waals surface area (Å²) in [6.45, 7) is 13.4. The Hall–Kier alpha value is -3.08. The summed E-state index contributed by atoms with van der Waals surface area (Å²) in [5.41, 5.74) is 3.42. The minimum absolute atomic E-state index is 0.0422. The first-order chi connectivity index (χ1) is 14.6. The number of imide groups is 1. The first-order valence-electron chi connectivity index (χ1n) is 10.8. The molecule has 0 spiro atoms. The topological polar surface area (TPSA) is 58.6 Å². The third-order valence-corrected chi connectivity index (χ3v) is 5.23. The van der Waals surface area contributed by atoms with Crippen LogP contribution in [-0.4, -0.2) is 29.9 Å². The SMILES string of the molecule is CCN1C(=O)C(Nc2ccc(C(C)(C)C)cc2)=C(c2ccc(OCC(C)C)cc2)C1=O. The molecule has 0 unspecified atom stereocenters. The molecule has 0 aliphatic carbocycles. The van der Waals surface area contributed by atoms with E-state index in [0.717, 1.165) is 11.4 Å². The smallest absolute Gasteiger partial charge is 0.278 e. The van der Waals surface area contributed by atoms with Gasteiger partial charge in [-0.25, -0.2) is 0 Å². The van der Waals surface area contributed by atoms with Gasteiger partial charge in [0.15, 0.2) is 0 Å². The number of anilines is 1. The highest BCUT2D eigenvalue weighted by atomic mass is 16.5. The Kier molecular flexibility index (Phi) is 6.54. The zero-order valence-electron chi connectivity index (χ0n) is 19.3. The van der Waals surface area contributed by atoms with E-state index < -0.39 is 0 Å². The lowest BCUT2D eigenvalue weighted by Gasteiger charge is -2.19. The van der Waals surface area contributed by atoms with Crippen LogP contribution in [0.15, 0.2) is 54.2 Å². The second-order valence-electron chi connectivity index (χ2n) is 9.29. The highest BCUT2D eigenvalue weighted by Crippen LogP contribution is 2.32. The first-order valence-corrected chi connectivity index (χ1v) is 10.8. The van der Waals surface area contributed by atoms with E-state index in [-0.39, 0.29) is 17.2 Å². The van der Waals surface area contributed by atoms with E-state index in [0.29, 0.717) is 35.9 Å². The molecular formula is C26H32N2O3. The van der Waals surface area contributed by atoms with Crippen molar-refractivity contribution in [1.82, 2.24) is 4.90 Å². The molecular weight excluding hydrogens is 388 g/mol. The van der Waals surface area contributed by atoms with Crippen molar-refractivity contribution in [1.29, 1.82) is 0 Å². The highest BCUT2D eigenvalue weighted by Gasteiger charge is 2.38. The molecule has 0 fully saturated rings. The van der Waals surface area contributed by atoms with Gasteiger partial charge >= 0.3 is 0 Å². The minimum Gasteiger partial charge on any atom is -0.493 e. The van der Waals surface area contributed by atoms with Crippen molar-refractivity contribution >= 4 is 23.1 Å². The van der Waals surface area contributed by atoms with Crippen molar-refractivity contribution in [2.75, 3.05) is 18.5 Å². The summed E-state index contributed by atoms with van der Waals surface area (Å²) in [7, 11) is 0. The number of ether oxygens (including phenoxy) is 1. The Morgan fingerprint density at radius 1 is 0.935 bits per heavy atom. The maximum Gasteiger partial charge on any atom is 0.278 e. The number of amides is 2. The summed E-state index contributed by atoms with van der Waals surface area (Å²) >= 11 is 0. The summed E-state index contributed by atoms with van der Waals surface area (Å²) in [4.78, 5) is 27.2. The Bertz CT molecular complexity index is 981. The first kappa shape index (κ1) is 22.6. The van der Waals surface area contributed by atoms with Crippen LogP contribution < -0.4 is 10.1 Å². The Morgan fingerprint density at radius 2 is 1.55 bits per heavy atom. The largest absolute Gasteiger partial charge is 0.493 e. The number of nitrogens with zero attached hydrogens (tertiary/aromatic N) is 1. The van der Waals surface area contributed by atoms with E-state index in [1.165, 1.54) is 10.5 Å². The van der Waals surface area contributed by atoms with Crippen LogP contribution in [0.2, 0.25) is 0 Å². The molecule has 1 aliphatic rings. The van der Waals surface area contributed by atoms with Crippen LogP contribution in [-0.2, 0) is 15.0 Å². The van der Waals surface area contributed by atoms with Gasteiger partial charge in [-0.15, -0.1) is 0 Å². The molecule has 31 heavy (non-hydrogen) atoms. The fourth-order valence-electron chi connectivity index (χ4n) is 3.43. The van der Waals surface area contributed by atoms with Crippen molar-refractivity contribution in [2.45, 2.75) is 47.0 Å². The van der Waals surface area contributed by atoms with Crippen molar-refractivity contribution in [3.63, 3.8) is 0 Å². The molecule has 0 saturated carbocycles. The van der Waals surface area contributed by atoms with E-state index in [1.807, 2.05) is 48.5 Å². The summed E-state index contributed by atoms with van der Waals surface area (Å²) in [5.74, 6) is 0.587. The van der Waals surface area contributed by atoms with Crippen LogP contribution in [0.5, 0.6) is 5.75 Å². The zero-order valence-corrected chi connectivity index (χ0v) is 19.3. The van der Waals surface area contributed by atoms with Gasteiger partial charge in [0.1, 0.15) is 11.4 Å². The maximum absolute atomic E-state index is 13.0. The number of hydrogen-bond acceptors (Lipinski definition) is 4. The molecule has 2 aromatic rings. The molecule has 0 aromatic heterocycles. The van der Waals surface area contributed by atoms with Gasteiger partial charge in [0.2, 0.25) is 0 Å². The van der Waals surface area contributed by atoms with Crippen molar-refractivity contribution in [3.8, 4) is 5.75 Å². The third-order valence-electron chi connectivity index (χ3n) is 5.23. The Balaban J connectivity index is 1.93. The van der Waals surface area contributed by atoms with Gasteiger partial charge in [0, 0.05) is 12.2 Å². The monoisotopic (exact) mass is 420 g/mol. The molecule has 5 heteroatoms. The fourth-order valence-corrected chi connectivity index (χ4v) is 3.43. The van der Waals surface area contributed by atoms with Gasteiger partial charge in [-0.3, -0.25) is 14.5 Å². The number of carbonyl (C=O) groups excluding carboxylic acids is 2. The fraction of sp³-hybridized carbons (Fsp3) is 0.385. The molecule has 0 atom stereocenters. The van der Waals surface area contributed by atoms with Gasteiger partial charge in [-0.2, -0.15) is 0 Å². The van der Waals surface area contributed by atoms with Crippen molar-refractivity contribution in [3.05, 3.63) is 65.4 Å². The van der Waals surface area contributed by atoms with Crippen LogP contribution in [0.25, 0.3) is 5.57 Å². The van der Waals surface area contributed by atoms with Crippen LogP contribution >= 0.6 is 0 Å². The average molecular weight is 421 g/mol. The van der Waals surface area contributed by atoms with Crippen molar-refractivity contribution < 1.29 is 14.3 Å². The Morgan fingerprint density at radius 3 is 2.06 bits per heavy atom. The lowest BCUT2D eigenvalue weighted by Crippen LogP contribution is -2.32. The molecule has 1 heterocycles. The molecule has 164 valence electrons. The van der Waals surface area contributed by atoms with Crippen LogP contribution in [0.1, 0.15) is 52.7 Å². The Labute approximate surface area is 185 Å². The van der Waals surface area contributed by atoms with Gasteiger partial charge in [-0.1, -0.05) is 58.9 Å². The van der Waals surface area contributed by atoms with E-state index in [9.17, 15) is 9.59 Å². The molecule has 0 bridgehead atoms. The predicted molar refractivity (Wildman–Crippen MR) is 125 cm³/mol. The number of rotatable bonds is 7. The quantitative estimate of drug-likeness (QED) is 0.623. The van der Waals surface area contributed by atoms with Gasteiger partial charge in [-0.05, 0) is 53.6 Å². The summed E-state index contributed by atoms with van der Waals surface area (Å²) in [6, 6.07) is 15.3. The molecule has 1 aliphatic heterocycles. The highest BCUT2D eigenvalue weighted by molar-refractivity contribution is 6.36. The summed E-state index contributed by atoms with van der Waals surface area (Å²) in [5, 5.41) is 3.20.